The third kappa shape index (κ3) is 3.16. The molecule has 3 rings (SSSR count). The van der Waals surface area contributed by atoms with Crippen molar-refractivity contribution >= 4 is 44.9 Å². The van der Waals surface area contributed by atoms with Gasteiger partial charge in [-0.2, -0.15) is 0 Å². The van der Waals surface area contributed by atoms with Crippen molar-refractivity contribution in [1.29, 1.82) is 0 Å². The van der Waals surface area contributed by atoms with Gasteiger partial charge in [0.15, 0.2) is 5.78 Å². The summed E-state index contributed by atoms with van der Waals surface area (Å²) in [5, 5.41) is 1.01. The van der Waals surface area contributed by atoms with Crippen molar-refractivity contribution in [3.05, 3.63) is 42.7 Å². The van der Waals surface area contributed by atoms with Gasteiger partial charge < -0.3 is 5.73 Å². The molecule has 3 aromatic rings. The van der Waals surface area contributed by atoms with E-state index in [0.29, 0.717) is 10.9 Å². The number of rotatable bonds is 4. The Morgan fingerprint density at radius 2 is 1.79 bits per heavy atom. The number of thiophene rings is 1. The number of aryl methyl sites for hydroxylation is 3. The van der Waals surface area contributed by atoms with Crippen molar-refractivity contribution in [3.8, 4) is 0 Å². The number of nitrogens with two attached hydrogens (primary N) is 1. The van der Waals surface area contributed by atoms with E-state index in [9.17, 15) is 14.4 Å². The normalized spacial score (nSPS) is 12.5. The zero-order chi connectivity index (χ0) is 20.9. The van der Waals surface area contributed by atoms with Crippen LogP contribution in [-0.2, 0) is 14.1 Å². The van der Waals surface area contributed by atoms with Crippen LogP contribution < -0.4 is 17.0 Å². The smallest absolute Gasteiger partial charge is 0.332 e. The Labute approximate surface area is 169 Å². The van der Waals surface area contributed by atoms with E-state index in [1.54, 1.807) is 25.2 Å². The fourth-order valence-corrected chi connectivity index (χ4v) is 5.17. The maximum absolute atomic E-state index is 13.0. The van der Waals surface area contributed by atoms with Gasteiger partial charge >= 0.3 is 5.69 Å². The first kappa shape index (κ1) is 20.3. The van der Waals surface area contributed by atoms with Gasteiger partial charge in [-0.05, 0) is 33.3 Å². The minimum atomic E-state index is -0.690. The highest BCUT2D eigenvalue weighted by Gasteiger charge is 2.27. The number of nitrogens with zero attached hydrogens (tertiary/aromatic N) is 4. The predicted molar refractivity (Wildman–Crippen MR) is 113 cm³/mol. The Kier molecular flexibility index (Phi) is 5.20. The molecule has 10 heteroatoms. The van der Waals surface area contributed by atoms with Crippen molar-refractivity contribution in [2.75, 3.05) is 5.73 Å². The fraction of sp³-hybridized carbons (Fsp3) is 0.389. The van der Waals surface area contributed by atoms with Gasteiger partial charge in [0.25, 0.3) is 5.56 Å². The van der Waals surface area contributed by atoms with Gasteiger partial charge in [-0.1, -0.05) is 11.8 Å². The van der Waals surface area contributed by atoms with Crippen LogP contribution in [0.2, 0.25) is 0 Å². The average molecular weight is 420 g/mol. The van der Waals surface area contributed by atoms with Crippen molar-refractivity contribution in [2.45, 2.75) is 38.0 Å². The fourth-order valence-electron chi connectivity index (χ4n) is 2.92. The summed E-state index contributed by atoms with van der Waals surface area (Å²) in [6.07, 6.45) is 0. The minimum Gasteiger partial charge on any atom is -0.384 e. The van der Waals surface area contributed by atoms with Crippen LogP contribution in [-0.4, -0.2) is 30.1 Å². The summed E-state index contributed by atoms with van der Waals surface area (Å²) in [6.45, 7) is 7.54. The van der Waals surface area contributed by atoms with E-state index >= 15 is 0 Å². The quantitative estimate of drug-likeness (QED) is 0.391. The van der Waals surface area contributed by atoms with Gasteiger partial charge in [-0.15, -0.1) is 11.3 Å². The molecule has 0 saturated heterocycles. The Morgan fingerprint density at radius 3 is 2.43 bits per heavy atom. The molecular weight excluding hydrogens is 398 g/mol. The molecule has 3 aromatic heterocycles. The Balaban J connectivity index is 2.07. The Hall–Kier alpha value is -2.46. The molecule has 0 fully saturated rings. The second-order valence-electron chi connectivity index (χ2n) is 6.63. The number of carbonyl (C=O) groups excluding carboxylic acids is 1. The van der Waals surface area contributed by atoms with Gasteiger partial charge in [0, 0.05) is 24.4 Å². The third-order valence-electron chi connectivity index (χ3n) is 4.72. The van der Waals surface area contributed by atoms with Gasteiger partial charge in [0.2, 0.25) is 0 Å². The van der Waals surface area contributed by atoms with E-state index in [0.717, 1.165) is 29.8 Å². The molecule has 8 nitrogen and oxygen atoms in total. The molecule has 0 radical (unpaired) electrons. The van der Waals surface area contributed by atoms with Crippen molar-refractivity contribution in [1.82, 2.24) is 19.1 Å². The second-order valence-corrected chi connectivity index (χ2v) is 9.16. The van der Waals surface area contributed by atoms with Crippen LogP contribution in [0.1, 0.15) is 33.5 Å². The summed E-state index contributed by atoms with van der Waals surface area (Å²) >= 11 is 2.85. The first-order chi connectivity index (χ1) is 13.0. The van der Waals surface area contributed by atoms with E-state index in [2.05, 4.69) is 9.97 Å². The predicted octanol–water partition coefficient (Wildman–Crippen LogP) is 1.96. The molecule has 1 atom stereocenters. The maximum atomic E-state index is 13.0. The summed E-state index contributed by atoms with van der Waals surface area (Å²) < 4.78 is 1.99. The minimum absolute atomic E-state index is 0.128. The number of hydrogen-bond donors (Lipinski definition) is 1. The molecule has 0 spiro atoms. The van der Waals surface area contributed by atoms with E-state index in [1.165, 1.54) is 25.9 Å². The van der Waals surface area contributed by atoms with Crippen molar-refractivity contribution in [2.24, 2.45) is 14.1 Å². The number of thioether (sulfide) groups is 1. The SMILES string of the molecule is Cc1nc(S[C@H](C)C(=O)c2c(N)n(C)c(=O)n(C)c2=O)c2c(C)c(C)sc2n1. The van der Waals surface area contributed by atoms with Crippen LogP contribution in [0.25, 0.3) is 10.2 Å². The molecule has 2 N–H and O–H groups in total. The van der Waals surface area contributed by atoms with Gasteiger partial charge in [-0.25, -0.2) is 14.8 Å². The molecule has 0 unspecified atom stereocenters. The molecule has 28 heavy (non-hydrogen) atoms. The molecule has 0 saturated carbocycles. The highest BCUT2D eigenvalue weighted by molar-refractivity contribution is 8.00. The third-order valence-corrected chi connectivity index (χ3v) is 6.91. The highest BCUT2D eigenvalue weighted by atomic mass is 32.2. The number of fused-ring (bicyclic) bond motifs is 1. The van der Waals surface area contributed by atoms with Crippen LogP contribution in [0.4, 0.5) is 5.82 Å². The standard InChI is InChI=1S/C18H21N5O3S2/c1-7-8(2)27-15-11(7)16(21-10(4)20-15)28-9(3)13(24)12-14(19)22(5)18(26)23(6)17(12)25/h9H,19H2,1-6H3/t9-/m1/s1. The lowest BCUT2D eigenvalue weighted by molar-refractivity contribution is 0.0992. The van der Waals surface area contributed by atoms with Gasteiger partial charge in [0.05, 0.1) is 5.25 Å². The van der Waals surface area contributed by atoms with Crippen LogP contribution in [0, 0.1) is 20.8 Å². The Bertz CT molecular complexity index is 1240. The Morgan fingerprint density at radius 1 is 1.14 bits per heavy atom. The van der Waals surface area contributed by atoms with E-state index in [-0.39, 0.29) is 11.4 Å². The summed E-state index contributed by atoms with van der Waals surface area (Å²) in [4.78, 5) is 48.6. The molecule has 0 aliphatic rings. The molecule has 0 aliphatic carbocycles. The number of aromatic nitrogens is 4. The number of anilines is 1. The van der Waals surface area contributed by atoms with E-state index in [4.69, 9.17) is 5.73 Å². The number of nitrogen functional groups attached to an aromatic ring is 1. The summed E-state index contributed by atoms with van der Waals surface area (Å²) in [5.41, 5.74) is 5.57. The van der Waals surface area contributed by atoms with Crippen LogP contribution in [0.15, 0.2) is 14.6 Å². The largest absolute Gasteiger partial charge is 0.384 e. The molecule has 3 heterocycles. The second kappa shape index (κ2) is 7.17. The van der Waals surface area contributed by atoms with Gasteiger partial charge in [-0.3, -0.25) is 18.7 Å². The number of Topliss-reactive ketones (excluding diaryl/α,β-unsaturated/α-hetero) is 1. The molecule has 0 aromatic carbocycles. The van der Waals surface area contributed by atoms with E-state index in [1.807, 2.05) is 13.8 Å². The average Bonchev–Trinajstić information content (AvgIpc) is 2.92. The lowest BCUT2D eigenvalue weighted by atomic mass is 10.1. The molecule has 0 amide bonds. The number of hydrogen-bond acceptors (Lipinski definition) is 8. The summed E-state index contributed by atoms with van der Waals surface area (Å²) in [7, 11) is 2.76. The zero-order valence-corrected chi connectivity index (χ0v) is 18.1. The van der Waals surface area contributed by atoms with Gasteiger partial charge in [0.1, 0.15) is 27.1 Å². The molecule has 0 bridgehead atoms. The van der Waals surface area contributed by atoms with Crippen LogP contribution in [0.3, 0.4) is 0 Å². The summed E-state index contributed by atoms with van der Waals surface area (Å²) in [5.74, 6) is 0.0540. The zero-order valence-electron chi connectivity index (χ0n) is 16.5. The molecular formula is C18H21N5O3S2. The molecule has 0 aliphatic heterocycles. The van der Waals surface area contributed by atoms with Crippen molar-refractivity contribution < 1.29 is 4.79 Å². The first-order valence-corrected chi connectivity index (χ1v) is 10.2. The topological polar surface area (TPSA) is 113 Å². The summed E-state index contributed by atoms with van der Waals surface area (Å²) in [6, 6.07) is 0. The lowest BCUT2D eigenvalue weighted by Gasteiger charge is -2.15. The van der Waals surface area contributed by atoms with Crippen LogP contribution in [0.5, 0.6) is 0 Å². The monoisotopic (exact) mass is 419 g/mol. The molecule has 148 valence electrons. The van der Waals surface area contributed by atoms with Crippen LogP contribution >= 0.6 is 23.1 Å². The highest BCUT2D eigenvalue weighted by Crippen LogP contribution is 2.37. The number of ketones is 1. The first-order valence-electron chi connectivity index (χ1n) is 8.55. The number of carbonyl (C=O) groups is 1. The van der Waals surface area contributed by atoms with E-state index < -0.39 is 22.3 Å². The lowest BCUT2D eigenvalue weighted by Crippen LogP contribution is -2.42. The van der Waals surface area contributed by atoms with Crippen molar-refractivity contribution in [3.63, 3.8) is 0 Å². The maximum Gasteiger partial charge on any atom is 0.332 e.